The van der Waals surface area contributed by atoms with E-state index in [1.807, 2.05) is 4.90 Å². The SMILES string of the molecule is O=[N+]([O-])c1cnc(N2CCOCC2)c(-n2cccn2)c1. The van der Waals surface area contributed by atoms with E-state index in [1.165, 1.54) is 12.3 Å². The van der Waals surface area contributed by atoms with Crippen LogP contribution in [0.5, 0.6) is 0 Å². The summed E-state index contributed by atoms with van der Waals surface area (Å²) in [4.78, 5) is 16.8. The molecule has 0 aliphatic carbocycles. The summed E-state index contributed by atoms with van der Waals surface area (Å²) in [6.07, 6.45) is 4.64. The lowest BCUT2D eigenvalue weighted by Crippen LogP contribution is -2.37. The maximum absolute atomic E-state index is 10.9. The Labute approximate surface area is 114 Å². The van der Waals surface area contributed by atoms with Gasteiger partial charge >= 0.3 is 0 Å². The number of pyridine rings is 1. The maximum Gasteiger partial charge on any atom is 0.289 e. The van der Waals surface area contributed by atoms with Gasteiger partial charge in [-0.15, -0.1) is 0 Å². The highest BCUT2D eigenvalue weighted by atomic mass is 16.6. The number of rotatable bonds is 3. The molecule has 8 nitrogen and oxygen atoms in total. The fourth-order valence-corrected chi connectivity index (χ4v) is 2.13. The second kappa shape index (κ2) is 5.25. The molecule has 0 saturated carbocycles. The number of hydrogen-bond acceptors (Lipinski definition) is 6. The van der Waals surface area contributed by atoms with Gasteiger partial charge in [0, 0.05) is 31.5 Å². The molecule has 0 atom stereocenters. The van der Waals surface area contributed by atoms with Crippen molar-refractivity contribution in [2.45, 2.75) is 0 Å². The number of nitro groups is 1. The fourth-order valence-electron chi connectivity index (χ4n) is 2.13. The number of hydrogen-bond donors (Lipinski definition) is 0. The van der Waals surface area contributed by atoms with E-state index < -0.39 is 4.92 Å². The third-order valence-corrected chi connectivity index (χ3v) is 3.11. The summed E-state index contributed by atoms with van der Waals surface area (Å²) in [5, 5.41) is 15.1. The molecule has 0 amide bonds. The molecule has 0 unspecified atom stereocenters. The summed E-state index contributed by atoms with van der Waals surface area (Å²) in [7, 11) is 0. The first-order valence-corrected chi connectivity index (χ1v) is 6.23. The zero-order valence-electron chi connectivity index (χ0n) is 10.7. The van der Waals surface area contributed by atoms with Crippen molar-refractivity contribution >= 4 is 11.5 Å². The van der Waals surface area contributed by atoms with Crippen LogP contribution in [0.3, 0.4) is 0 Å². The molecule has 2 aromatic heterocycles. The standard InChI is InChI=1S/C12H13N5O3/c18-17(19)10-8-11(16-3-1-2-14-16)12(13-9-10)15-4-6-20-7-5-15/h1-3,8-9H,4-7H2. The highest BCUT2D eigenvalue weighted by Gasteiger charge is 2.20. The highest BCUT2D eigenvalue weighted by Crippen LogP contribution is 2.26. The van der Waals surface area contributed by atoms with Gasteiger partial charge in [-0.2, -0.15) is 5.10 Å². The van der Waals surface area contributed by atoms with Gasteiger partial charge in [-0.1, -0.05) is 0 Å². The second-order valence-corrected chi connectivity index (χ2v) is 4.34. The van der Waals surface area contributed by atoms with Crippen molar-refractivity contribution in [2.24, 2.45) is 0 Å². The molecule has 0 aromatic carbocycles. The van der Waals surface area contributed by atoms with Crippen molar-refractivity contribution in [3.05, 3.63) is 40.8 Å². The van der Waals surface area contributed by atoms with Crippen molar-refractivity contribution in [2.75, 3.05) is 31.2 Å². The predicted octanol–water partition coefficient (Wildman–Crippen LogP) is 1.01. The van der Waals surface area contributed by atoms with Crippen LogP contribution in [0.2, 0.25) is 0 Å². The van der Waals surface area contributed by atoms with Crippen molar-refractivity contribution in [1.29, 1.82) is 0 Å². The van der Waals surface area contributed by atoms with E-state index in [9.17, 15) is 10.1 Å². The van der Waals surface area contributed by atoms with E-state index in [0.29, 0.717) is 37.8 Å². The Bertz CT molecular complexity index is 608. The first-order chi connectivity index (χ1) is 9.75. The molecule has 104 valence electrons. The van der Waals surface area contributed by atoms with Gasteiger partial charge in [0.25, 0.3) is 5.69 Å². The molecule has 0 bridgehead atoms. The van der Waals surface area contributed by atoms with Crippen LogP contribution in [0.1, 0.15) is 0 Å². The van der Waals surface area contributed by atoms with Crippen LogP contribution < -0.4 is 4.90 Å². The van der Waals surface area contributed by atoms with Crippen LogP contribution in [0.25, 0.3) is 5.69 Å². The monoisotopic (exact) mass is 275 g/mol. The highest BCUT2D eigenvalue weighted by molar-refractivity contribution is 5.60. The Morgan fingerprint density at radius 3 is 2.80 bits per heavy atom. The lowest BCUT2D eigenvalue weighted by Gasteiger charge is -2.29. The van der Waals surface area contributed by atoms with Gasteiger partial charge in [0.2, 0.25) is 0 Å². The van der Waals surface area contributed by atoms with Crippen LogP contribution in [0, 0.1) is 10.1 Å². The number of aromatic nitrogens is 3. The smallest absolute Gasteiger partial charge is 0.289 e. The molecule has 3 heterocycles. The van der Waals surface area contributed by atoms with Crippen LogP contribution in [0.15, 0.2) is 30.7 Å². The molecule has 0 spiro atoms. The van der Waals surface area contributed by atoms with Crippen molar-refractivity contribution in [1.82, 2.24) is 14.8 Å². The summed E-state index contributed by atoms with van der Waals surface area (Å²) in [5.41, 5.74) is 0.554. The van der Waals surface area contributed by atoms with Crippen LogP contribution in [-0.2, 0) is 4.74 Å². The molecule has 8 heteroatoms. The molecule has 0 N–H and O–H groups in total. The topological polar surface area (TPSA) is 86.3 Å². The average molecular weight is 275 g/mol. The Morgan fingerprint density at radius 2 is 2.15 bits per heavy atom. The van der Waals surface area contributed by atoms with E-state index in [2.05, 4.69) is 10.1 Å². The Balaban J connectivity index is 2.06. The summed E-state index contributed by atoms with van der Waals surface area (Å²) < 4.78 is 6.90. The van der Waals surface area contributed by atoms with E-state index in [-0.39, 0.29) is 5.69 Å². The van der Waals surface area contributed by atoms with E-state index in [0.717, 1.165) is 0 Å². The van der Waals surface area contributed by atoms with Crippen LogP contribution in [0.4, 0.5) is 11.5 Å². The van der Waals surface area contributed by atoms with Gasteiger partial charge in [0.05, 0.1) is 18.1 Å². The molecule has 2 aromatic rings. The van der Waals surface area contributed by atoms with E-state index in [1.54, 1.807) is 23.1 Å². The molecule has 0 radical (unpaired) electrons. The van der Waals surface area contributed by atoms with Gasteiger partial charge in [-0.3, -0.25) is 10.1 Å². The molecule has 1 aliphatic rings. The molecular weight excluding hydrogens is 262 g/mol. The number of nitrogens with zero attached hydrogens (tertiary/aromatic N) is 5. The van der Waals surface area contributed by atoms with E-state index >= 15 is 0 Å². The summed E-state index contributed by atoms with van der Waals surface area (Å²) in [5.74, 6) is 0.683. The predicted molar refractivity (Wildman–Crippen MR) is 71.0 cm³/mol. The maximum atomic E-state index is 10.9. The van der Waals surface area contributed by atoms with Crippen LogP contribution in [-0.4, -0.2) is 46.0 Å². The minimum Gasteiger partial charge on any atom is -0.378 e. The summed E-state index contributed by atoms with van der Waals surface area (Å²) in [6.45, 7) is 2.66. The minimum atomic E-state index is -0.455. The third-order valence-electron chi connectivity index (χ3n) is 3.11. The first kappa shape index (κ1) is 12.5. The molecule has 1 fully saturated rings. The molecule has 1 saturated heterocycles. The van der Waals surface area contributed by atoms with Gasteiger partial charge in [-0.25, -0.2) is 9.67 Å². The molecular formula is C12H13N5O3. The third kappa shape index (κ3) is 2.32. The fraction of sp³-hybridized carbons (Fsp3) is 0.333. The van der Waals surface area contributed by atoms with Crippen molar-refractivity contribution in [3.8, 4) is 5.69 Å². The number of morpholine rings is 1. The second-order valence-electron chi connectivity index (χ2n) is 4.34. The molecule has 20 heavy (non-hydrogen) atoms. The molecule has 1 aliphatic heterocycles. The minimum absolute atomic E-state index is 0.0486. The average Bonchev–Trinajstić information content (AvgIpc) is 3.01. The Hall–Kier alpha value is -2.48. The number of anilines is 1. The summed E-state index contributed by atoms with van der Waals surface area (Å²) in [6, 6.07) is 3.26. The van der Waals surface area contributed by atoms with Gasteiger partial charge in [0.15, 0.2) is 5.82 Å². The zero-order chi connectivity index (χ0) is 13.9. The van der Waals surface area contributed by atoms with Gasteiger partial charge in [0.1, 0.15) is 11.9 Å². The van der Waals surface area contributed by atoms with Crippen molar-refractivity contribution in [3.63, 3.8) is 0 Å². The lowest BCUT2D eigenvalue weighted by atomic mass is 10.3. The largest absolute Gasteiger partial charge is 0.378 e. The lowest BCUT2D eigenvalue weighted by molar-refractivity contribution is -0.385. The first-order valence-electron chi connectivity index (χ1n) is 6.23. The normalized spacial score (nSPS) is 15.3. The van der Waals surface area contributed by atoms with Gasteiger partial charge in [-0.05, 0) is 6.07 Å². The van der Waals surface area contributed by atoms with E-state index in [4.69, 9.17) is 4.74 Å². The van der Waals surface area contributed by atoms with Crippen molar-refractivity contribution < 1.29 is 9.66 Å². The Kier molecular flexibility index (Phi) is 3.30. The number of ether oxygens (including phenoxy) is 1. The van der Waals surface area contributed by atoms with Crippen LogP contribution >= 0.6 is 0 Å². The van der Waals surface area contributed by atoms with Gasteiger partial charge < -0.3 is 9.64 Å². The molecule has 3 rings (SSSR count). The quantitative estimate of drug-likeness (QED) is 0.614. The summed E-state index contributed by atoms with van der Waals surface area (Å²) >= 11 is 0. The zero-order valence-corrected chi connectivity index (χ0v) is 10.7. The Morgan fingerprint density at radius 1 is 1.35 bits per heavy atom.